The van der Waals surface area contributed by atoms with Crippen molar-refractivity contribution >= 4 is 11.6 Å². The standard InChI is InChI=1S/C17H15ClN2O/c18-15-7-3-4-8-17(15)21-10-9-13-5-1-2-6-14(13)16-11-19-12-20-16/h1-8,11-12H,9-10H2,(H,19,20). The van der Waals surface area contributed by atoms with E-state index in [-0.39, 0.29) is 0 Å². The Morgan fingerprint density at radius 3 is 2.67 bits per heavy atom. The average molecular weight is 299 g/mol. The highest BCUT2D eigenvalue weighted by Gasteiger charge is 2.06. The van der Waals surface area contributed by atoms with Crippen molar-refractivity contribution in [2.24, 2.45) is 0 Å². The number of para-hydroxylation sites is 1. The summed E-state index contributed by atoms with van der Waals surface area (Å²) >= 11 is 6.08. The lowest BCUT2D eigenvalue weighted by Crippen LogP contribution is -2.03. The normalized spacial score (nSPS) is 10.5. The molecule has 3 aromatic rings. The van der Waals surface area contributed by atoms with Crippen LogP contribution in [0.15, 0.2) is 61.1 Å². The quantitative estimate of drug-likeness (QED) is 0.760. The molecule has 21 heavy (non-hydrogen) atoms. The summed E-state index contributed by atoms with van der Waals surface area (Å²) in [6.07, 6.45) is 4.32. The molecule has 0 amide bonds. The second-order valence-corrected chi connectivity index (χ2v) is 5.06. The van der Waals surface area contributed by atoms with Crippen LogP contribution in [0.5, 0.6) is 5.75 Å². The predicted octanol–water partition coefficient (Wildman–Crippen LogP) is 4.35. The molecule has 0 atom stereocenters. The number of hydrogen-bond acceptors (Lipinski definition) is 2. The van der Waals surface area contributed by atoms with Crippen LogP contribution in [0.4, 0.5) is 0 Å². The van der Waals surface area contributed by atoms with Crippen LogP contribution in [0.25, 0.3) is 11.3 Å². The zero-order chi connectivity index (χ0) is 14.5. The van der Waals surface area contributed by atoms with E-state index in [9.17, 15) is 0 Å². The Hall–Kier alpha value is -2.26. The Morgan fingerprint density at radius 2 is 1.86 bits per heavy atom. The van der Waals surface area contributed by atoms with Crippen LogP contribution in [0, 0.1) is 0 Å². The number of ether oxygens (including phenoxy) is 1. The number of halogens is 1. The Kier molecular flexibility index (Phi) is 4.22. The maximum Gasteiger partial charge on any atom is 0.137 e. The van der Waals surface area contributed by atoms with E-state index in [1.54, 1.807) is 6.33 Å². The molecule has 3 nitrogen and oxygen atoms in total. The van der Waals surface area contributed by atoms with Gasteiger partial charge in [-0.2, -0.15) is 0 Å². The van der Waals surface area contributed by atoms with Crippen molar-refractivity contribution in [2.75, 3.05) is 6.61 Å². The average Bonchev–Trinajstić information content (AvgIpc) is 3.04. The van der Waals surface area contributed by atoms with Crippen molar-refractivity contribution in [3.05, 3.63) is 71.6 Å². The molecule has 0 bridgehead atoms. The van der Waals surface area contributed by atoms with Gasteiger partial charge < -0.3 is 9.72 Å². The van der Waals surface area contributed by atoms with Crippen molar-refractivity contribution in [2.45, 2.75) is 6.42 Å². The summed E-state index contributed by atoms with van der Waals surface area (Å²) in [7, 11) is 0. The van der Waals surface area contributed by atoms with Gasteiger partial charge in [-0.25, -0.2) is 4.98 Å². The van der Waals surface area contributed by atoms with Crippen LogP contribution < -0.4 is 4.74 Å². The number of nitrogens with one attached hydrogen (secondary N) is 1. The summed E-state index contributed by atoms with van der Waals surface area (Å²) in [6, 6.07) is 15.8. The Balaban J connectivity index is 1.70. The number of aromatic amines is 1. The highest BCUT2D eigenvalue weighted by atomic mass is 35.5. The fourth-order valence-electron chi connectivity index (χ4n) is 2.24. The van der Waals surface area contributed by atoms with Crippen LogP contribution in [0.3, 0.4) is 0 Å². The van der Waals surface area contributed by atoms with Crippen molar-refractivity contribution in [3.8, 4) is 17.0 Å². The summed E-state index contributed by atoms with van der Waals surface area (Å²) in [4.78, 5) is 7.21. The second kappa shape index (κ2) is 6.46. The van der Waals surface area contributed by atoms with Gasteiger partial charge in [-0.15, -0.1) is 0 Å². The van der Waals surface area contributed by atoms with Crippen LogP contribution >= 0.6 is 11.6 Å². The minimum absolute atomic E-state index is 0.578. The highest BCUT2D eigenvalue weighted by molar-refractivity contribution is 6.32. The van der Waals surface area contributed by atoms with Gasteiger partial charge in [0, 0.05) is 12.0 Å². The molecular formula is C17H15ClN2O. The minimum atomic E-state index is 0.578. The van der Waals surface area contributed by atoms with Gasteiger partial charge in [-0.1, -0.05) is 48.0 Å². The molecule has 3 rings (SSSR count). The summed E-state index contributed by atoms with van der Waals surface area (Å²) in [6.45, 7) is 0.578. The molecule has 0 unspecified atom stereocenters. The fraction of sp³-hybridized carbons (Fsp3) is 0.118. The van der Waals surface area contributed by atoms with Gasteiger partial charge in [0.1, 0.15) is 5.75 Å². The summed E-state index contributed by atoms with van der Waals surface area (Å²) in [5.74, 6) is 0.721. The third-order valence-corrected chi connectivity index (χ3v) is 3.58. The van der Waals surface area contributed by atoms with Crippen LogP contribution in [-0.4, -0.2) is 16.6 Å². The van der Waals surface area contributed by atoms with E-state index in [1.807, 2.05) is 42.6 Å². The molecule has 0 aliphatic carbocycles. The Labute approximate surface area is 128 Å². The molecule has 0 saturated heterocycles. The monoisotopic (exact) mass is 298 g/mol. The van der Waals surface area contributed by atoms with Gasteiger partial charge in [0.15, 0.2) is 0 Å². The smallest absolute Gasteiger partial charge is 0.137 e. The minimum Gasteiger partial charge on any atom is -0.492 e. The van der Waals surface area contributed by atoms with Gasteiger partial charge in [0.2, 0.25) is 0 Å². The van der Waals surface area contributed by atoms with E-state index < -0.39 is 0 Å². The molecule has 1 heterocycles. The van der Waals surface area contributed by atoms with E-state index in [1.165, 1.54) is 5.56 Å². The van der Waals surface area contributed by atoms with Gasteiger partial charge in [-0.3, -0.25) is 0 Å². The molecule has 1 aromatic heterocycles. The SMILES string of the molecule is Clc1ccccc1OCCc1ccccc1-c1cnc[nH]1. The van der Waals surface area contributed by atoms with Crippen LogP contribution in [-0.2, 0) is 6.42 Å². The highest BCUT2D eigenvalue weighted by Crippen LogP contribution is 2.25. The number of aromatic nitrogens is 2. The third-order valence-electron chi connectivity index (χ3n) is 3.27. The molecule has 0 aliphatic rings. The van der Waals surface area contributed by atoms with E-state index in [0.29, 0.717) is 11.6 Å². The van der Waals surface area contributed by atoms with Crippen LogP contribution in [0.1, 0.15) is 5.56 Å². The van der Waals surface area contributed by atoms with Crippen molar-refractivity contribution in [3.63, 3.8) is 0 Å². The van der Waals surface area contributed by atoms with Crippen molar-refractivity contribution < 1.29 is 4.74 Å². The lowest BCUT2D eigenvalue weighted by Gasteiger charge is -2.10. The molecule has 106 valence electrons. The lowest BCUT2D eigenvalue weighted by atomic mass is 10.0. The van der Waals surface area contributed by atoms with E-state index in [0.717, 1.165) is 23.4 Å². The first kappa shape index (κ1) is 13.7. The summed E-state index contributed by atoms with van der Waals surface area (Å²) in [5, 5.41) is 0.638. The summed E-state index contributed by atoms with van der Waals surface area (Å²) < 4.78 is 5.76. The predicted molar refractivity (Wildman–Crippen MR) is 84.7 cm³/mol. The number of hydrogen-bond donors (Lipinski definition) is 1. The van der Waals surface area contributed by atoms with E-state index in [4.69, 9.17) is 16.3 Å². The molecule has 0 saturated carbocycles. The maximum absolute atomic E-state index is 6.08. The number of nitrogens with zero attached hydrogens (tertiary/aromatic N) is 1. The first-order chi connectivity index (χ1) is 10.3. The molecule has 0 spiro atoms. The molecule has 2 aromatic carbocycles. The van der Waals surface area contributed by atoms with Crippen molar-refractivity contribution in [1.82, 2.24) is 9.97 Å². The zero-order valence-electron chi connectivity index (χ0n) is 11.4. The van der Waals surface area contributed by atoms with Gasteiger partial charge in [0.05, 0.1) is 29.8 Å². The third kappa shape index (κ3) is 3.26. The number of rotatable bonds is 5. The number of benzene rings is 2. The topological polar surface area (TPSA) is 37.9 Å². The number of imidazole rings is 1. The maximum atomic E-state index is 6.08. The molecular weight excluding hydrogens is 284 g/mol. The Morgan fingerprint density at radius 1 is 1.05 bits per heavy atom. The van der Waals surface area contributed by atoms with E-state index in [2.05, 4.69) is 22.1 Å². The molecule has 4 heteroatoms. The summed E-state index contributed by atoms with van der Waals surface area (Å²) in [5.41, 5.74) is 3.38. The molecule has 0 fully saturated rings. The fourth-order valence-corrected chi connectivity index (χ4v) is 2.43. The second-order valence-electron chi connectivity index (χ2n) is 4.65. The van der Waals surface area contributed by atoms with Crippen molar-refractivity contribution in [1.29, 1.82) is 0 Å². The van der Waals surface area contributed by atoms with Gasteiger partial charge >= 0.3 is 0 Å². The first-order valence-electron chi connectivity index (χ1n) is 6.78. The molecule has 0 aliphatic heterocycles. The first-order valence-corrected chi connectivity index (χ1v) is 7.16. The van der Waals surface area contributed by atoms with Gasteiger partial charge in [-0.05, 0) is 17.7 Å². The Bertz CT molecular complexity index is 710. The zero-order valence-corrected chi connectivity index (χ0v) is 12.2. The lowest BCUT2D eigenvalue weighted by molar-refractivity contribution is 0.322. The van der Waals surface area contributed by atoms with Crippen LogP contribution in [0.2, 0.25) is 5.02 Å². The molecule has 0 radical (unpaired) electrons. The number of H-pyrrole nitrogens is 1. The van der Waals surface area contributed by atoms with E-state index >= 15 is 0 Å². The largest absolute Gasteiger partial charge is 0.492 e. The molecule has 1 N–H and O–H groups in total. The van der Waals surface area contributed by atoms with Gasteiger partial charge in [0.25, 0.3) is 0 Å².